The highest BCUT2D eigenvalue weighted by atomic mass is 35.5. The highest BCUT2D eigenvalue weighted by Gasteiger charge is 2.16. The number of ketones is 1. The lowest BCUT2D eigenvalue weighted by Crippen LogP contribution is -2.17. The van der Waals surface area contributed by atoms with Gasteiger partial charge in [0.25, 0.3) is 11.6 Å². The number of non-ortho nitro benzene ring substituents is 1. The van der Waals surface area contributed by atoms with E-state index in [1.807, 2.05) is 0 Å². The SMILES string of the molecule is C=C(C)C(=O)c1ccc(OC=C2N=C(c3ccc([N+](=O)[O-])cc3)NO2)cc1Cl. The molecule has 0 amide bonds. The van der Waals surface area contributed by atoms with Crippen molar-refractivity contribution in [3.8, 4) is 5.75 Å². The van der Waals surface area contributed by atoms with Crippen molar-refractivity contribution >= 4 is 28.9 Å². The summed E-state index contributed by atoms with van der Waals surface area (Å²) in [4.78, 5) is 31.6. The summed E-state index contributed by atoms with van der Waals surface area (Å²) >= 11 is 6.12. The molecule has 8 nitrogen and oxygen atoms in total. The predicted octanol–water partition coefficient (Wildman–Crippen LogP) is 4.17. The number of hydroxylamine groups is 1. The molecule has 2 aromatic carbocycles. The maximum atomic E-state index is 12.0. The van der Waals surface area contributed by atoms with Crippen LogP contribution in [0.4, 0.5) is 5.69 Å². The number of allylic oxidation sites excluding steroid dienone is 1. The molecule has 0 unspecified atom stereocenters. The number of hydrogen-bond donors (Lipinski definition) is 1. The van der Waals surface area contributed by atoms with E-state index in [2.05, 4.69) is 17.1 Å². The summed E-state index contributed by atoms with van der Waals surface area (Å²) in [6.07, 6.45) is 1.26. The van der Waals surface area contributed by atoms with Gasteiger partial charge in [-0.2, -0.15) is 4.99 Å². The van der Waals surface area contributed by atoms with E-state index >= 15 is 0 Å². The first kappa shape index (κ1) is 19.1. The quantitative estimate of drug-likeness (QED) is 0.257. The van der Waals surface area contributed by atoms with E-state index in [1.165, 1.54) is 24.5 Å². The number of aliphatic imine (C=N–C) groups is 1. The Kier molecular flexibility index (Phi) is 5.42. The molecule has 0 radical (unpaired) electrons. The van der Waals surface area contributed by atoms with E-state index in [4.69, 9.17) is 21.2 Å². The van der Waals surface area contributed by atoms with Gasteiger partial charge in [0.2, 0.25) is 0 Å². The van der Waals surface area contributed by atoms with Crippen LogP contribution in [-0.4, -0.2) is 16.5 Å². The van der Waals surface area contributed by atoms with Crippen molar-refractivity contribution in [2.45, 2.75) is 6.92 Å². The van der Waals surface area contributed by atoms with Gasteiger partial charge in [-0.1, -0.05) is 18.2 Å². The van der Waals surface area contributed by atoms with Gasteiger partial charge in [-0.25, -0.2) is 5.48 Å². The summed E-state index contributed by atoms with van der Waals surface area (Å²) in [5, 5.41) is 10.9. The molecule has 2 aromatic rings. The van der Waals surface area contributed by atoms with Gasteiger partial charge in [0.15, 0.2) is 17.9 Å². The highest BCUT2D eigenvalue weighted by Crippen LogP contribution is 2.25. The molecule has 142 valence electrons. The molecule has 0 fully saturated rings. The fraction of sp³-hybridized carbons (Fsp3) is 0.0526. The van der Waals surface area contributed by atoms with Gasteiger partial charge in [0.1, 0.15) is 5.75 Å². The lowest BCUT2D eigenvalue weighted by Gasteiger charge is -2.06. The maximum absolute atomic E-state index is 12.0. The van der Waals surface area contributed by atoms with Crippen molar-refractivity contribution < 1.29 is 19.3 Å². The van der Waals surface area contributed by atoms with Crippen LogP contribution < -0.4 is 10.2 Å². The number of hydrogen-bond acceptors (Lipinski definition) is 7. The smallest absolute Gasteiger partial charge is 0.283 e. The number of halogens is 1. The second-order valence-electron chi connectivity index (χ2n) is 5.79. The highest BCUT2D eigenvalue weighted by molar-refractivity contribution is 6.35. The van der Waals surface area contributed by atoms with Gasteiger partial charge in [0.05, 0.1) is 9.95 Å². The maximum Gasteiger partial charge on any atom is 0.283 e. The van der Waals surface area contributed by atoms with Crippen molar-refractivity contribution in [2.75, 3.05) is 0 Å². The van der Waals surface area contributed by atoms with Crippen LogP contribution in [0.5, 0.6) is 5.75 Å². The average Bonchev–Trinajstić information content (AvgIpc) is 3.15. The molecule has 1 N–H and O–H groups in total. The third-order valence-electron chi connectivity index (χ3n) is 3.69. The summed E-state index contributed by atoms with van der Waals surface area (Å²) in [5.74, 6) is 0.672. The lowest BCUT2D eigenvalue weighted by molar-refractivity contribution is -0.384. The summed E-state index contributed by atoms with van der Waals surface area (Å²) in [7, 11) is 0. The first-order valence-electron chi connectivity index (χ1n) is 7.98. The fourth-order valence-corrected chi connectivity index (χ4v) is 2.53. The molecular weight excluding hydrogens is 386 g/mol. The molecule has 0 saturated carbocycles. The van der Waals surface area contributed by atoms with Gasteiger partial charge < -0.3 is 9.57 Å². The Morgan fingerprint density at radius 1 is 1.32 bits per heavy atom. The number of Topliss-reactive ketones (excluding diaryl/α,β-unsaturated/α-hetero) is 1. The molecule has 9 heteroatoms. The molecule has 0 spiro atoms. The fourth-order valence-electron chi connectivity index (χ4n) is 2.27. The Balaban J connectivity index is 1.71. The minimum atomic E-state index is -0.482. The monoisotopic (exact) mass is 399 g/mol. The summed E-state index contributed by atoms with van der Waals surface area (Å²) < 4.78 is 5.46. The zero-order chi connectivity index (χ0) is 20.3. The predicted molar refractivity (Wildman–Crippen MR) is 103 cm³/mol. The van der Waals surface area contributed by atoms with E-state index in [-0.39, 0.29) is 22.4 Å². The molecule has 0 saturated heterocycles. The molecule has 0 aromatic heterocycles. The van der Waals surface area contributed by atoms with Crippen LogP contribution in [0.25, 0.3) is 0 Å². The van der Waals surface area contributed by atoms with Crippen LogP contribution in [-0.2, 0) is 4.84 Å². The largest absolute Gasteiger partial charge is 0.459 e. The number of ether oxygens (including phenoxy) is 1. The summed E-state index contributed by atoms with van der Waals surface area (Å²) in [6, 6.07) is 10.5. The Bertz CT molecular complexity index is 1030. The van der Waals surface area contributed by atoms with Crippen LogP contribution in [0.3, 0.4) is 0 Å². The molecule has 0 bridgehead atoms. The molecule has 1 aliphatic heterocycles. The van der Waals surface area contributed by atoms with Crippen LogP contribution in [0.1, 0.15) is 22.8 Å². The number of carbonyl (C=O) groups excluding carboxylic acids is 1. The molecule has 1 aliphatic rings. The van der Waals surface area contributed by atoms with Gasteiger partial charge in [-0.05, 0) is 36.8 Å². The van der Waals surface area contributed by atoms with Gasteiger partial charge in [0, 0.05) is 29.3 Å². The van der Waals surface area contributed by atoms with Crippen molar-refractivity contribution in [2.24, 2.45) is 4.99 Å². The van der Waals surface area contributed by atoms with E-state index < -0.39 is 4.92 Å². The number of nitrogens with zero attached hydrogens (tertiary/aromatic N) is 2. The Labute approximate surface area is 164 Å². The minimum absolute atomic E-state index is 0.0205. The van der Waals surface area contributed by atoms with Gasteiger partial charge in [-0.15, -0.1) is 0 Å². The van der Waals surface area contributed by atoms with Crippen LogP contribution in [0, 0.1) is 10.1 Å². The lowest BCUT2D eigenvalue weighted by atomic mass is 10.1. The van der Waals surface area contributed by atoms with Crippen molar-refractivity contribution in [3.05, 3.63) is 93.0 Å². The molecule has 0 atom stereocenters. The third-order valence-corrected chi connectivity index (χ3v) is 4.01. The topological polar surface area (TPSA) is 103 Å². The van der Waals surface area contributed by atoms with Gasteiger partial charge in [-0.3, -0.25) is 14.9 Å². The number of rotatable bonds is 6. The van der Waals surface area contributed by atoms with Crippen molar-refractivity contribution in [1.29, 1.82) is 0 Å². The van der Waals surface area contributed by atoms with E-state index in [9.17, 15) is 14.9 Å². The Hall–Kier alpha value is -3.65. The van der Waals surface area contributed by atoms with E-state index in [0.29, 0.717) is 28.3 Å². The Morgan fingerprint density at radius 2 is 2.04 bits per heavy atom. The number of nitrogens with one attached hydrogen (secondary N) is 1. The molecule has 28 heavy (non-hydrogen) atoms. The van der Waals surface area contributed by atoms with Crippen molar-refractivity contribution in [3.63, 3.8) is 0 Å². The van der Waals surface area contributed by atoms with E-state index in [1.54, 1.807) is 31.2 Å². The van der Waals surface area contributed by atoms with E-state index in [0.717, 1.165) is 0 Å². The molecule has 0 aliphatic carbocycles. The second kappa shape index (κ2) is 7.93. The zero-order valence-electron chi connectivity index (χ0n) is 14.6. The number of nitro benzene ring substituents is 1. The molecular formula is C19H14ClN3O5. The van der Waals surface area contributed by atoms with Gasteiger partial charge >= 0.3 is 0 Å². The standard InChI is InChI=1S/C19H14ClN3O5/c1-11(2)18(24)15-8-7-14(9-16(15)20)27-10-17-21-19(22-28-17)12-3-5-13(6-4-12)23(25)26/h3-10H,1H2,2H3,(H,21,22). The average molecular weight is 400 g/mol. The number of carbonyl (C=O) groups is 1. The summed E-state index contributed by atoms with van der Waals surface area (Å²) in [6.45, 7) is 5.22. The van der Waals surface area contributed by atoms with Crippen LogP contribution >= 0.6 is 11.6 Å². The number of benzene rings is 2. The summed E-state index contributed by atoms with van der Waals surface area (Å²) in [5.41, 5.74) is 3.92. The minimum Gasteiger partial charge on any atom is -0.459 e. The van der Waals surface area contributed by atoms with Crippen LogP contribution in [0.2, 0.25) is 5.02 Å². The first-order valence-corrected chi connectivity index (χ1v) is 8.36. The second-order valence-corrected chi connectivity index (χ2v) is 6.20. The number of nitro groups is 1. The first-order chi connectivity index (χ1) is 13.3. The molecule has 1 heterocycles. The number of amidine groups is 1. The zero-order valence-corrected chi connectivity index (χ0v) is 15.4. The van der Waals surface area contributed by atoms with Crippen LogP contribution in [0.15, 0.2) is 71.8 Å². The van der Waals surface area contributed by atoms with Crippen molar-refractivity contribution in [1.82, 2.24) is 5.48 Å². The normalized spacial score (nSPS) is 14.1. The Morgan fingerprint density at radius 3 is 2.64 bits per heavy atom. The third kappa shape index (κ3) is 4.18. The molecule has 3 rings (SSSR count).